The number of rotatable bonds is 8. The molecular weight excluding hydrogens is 522 g/mol. The van der Waals surface area contributed by atoms with E-state index in [4.69, 9.17) is 4.74 Å². The maximum atomic E-state index is 13.9. The van der Waals surface area contributed by atoms with Crippen molar-refractivity contribution < 1.29 is 14.3 Å². The van der Waals surface area contributed by atoms with Crippen molar-refractivity contribution in [2.45, 2.75) is 32.6 Å². The van der Waals surface area contributed by atoms with Gasteiger partial charge in [-0.1, -0.05) is 86.6 Å². The summed E-state index contributed by atoms with van der Waals surface area (Å²) >= 11 is 1.18. The topological polar surface area (TPSA) is 90.3 Å². The lowest BCUT2D eigenvalue weighted by Crippen LogP contribution is -2.26. The molecule has 2 heterocycles. The Balaban J connectivity index is 1.63. The number of carbonyl (C=O) groups is 2. The number of nitrogens with one attached hydrogen (secondary N) is 1. The number of amides is 1. The van der Waals surface area contributed by atoms with E-state index < -0.39 is 17.4 Å². The van der Waals surface area contributed by atoms with Gasteiger partial charge in [-0.05, 0) is 41.7 Å². The number of aromatic nitrogens is 2. The van der Waals surface area contributed by atoms with Crippen LogP contribution in [0.1, 0.15) is 59.8 Å². The summed E-state index contributed by atoms with van der Waals surface area (Å²) in [4.78, 5) is 40.6. The number of ether oxygens (including phenoxy) is 1. The largest absolute Gasteiger partial charge is 0.461 e. The van der Waals surface area contributed by atoms with Gasteiger partial charge in [-0.25, -0.2) is 4.79 Å². The fraction of sp³-hybridized carbons (Fsp3) is 0.188. The van der Waals surface area contributed by atoms with E-state index in [0.717, 1.165) is 16.7 Å². The lowest BCUT2D eigenvalue weighted by atomic mass is 9.90. The van der Waals surface area contributed by atoms with Crippen LogP contribution < -0.4 is 10.9 Å². The maximum Gasteiger partial charge on any atom is 0.359 e. The van der Waals surface area contributed by atoms with E-state index in [0.29, 0.717) is 22.0 Å². The van der Waals surface area contributed by atoms with Gasteiger partial charge in [0.25, 0.3) is 5.56 Å². The van der Waals surface area contributed by atoms with Gasteiger partial charge in [-0.3, -0.25) is 9.59 Å². The van der Waals surface area contributed by atoms with Crippen molar-refractivity contribution in [1.82, 2.24) is 9.78 Å². The summed E-state index contributed by atoms with van der Waals surface area (Å²) < 4.78 is 6.46. The summed E-state index contributed by atoms with van der Waals surface area (Å²) in [6.07, 6.45) is 0. The molecule has 0 aliphatic carbocycles. The van der Waals surface area contributed by atoms with E-state index >= 15 is 0 Å². The number of anilines is 1. The number of fused-ring (bicyclic) bond motifs is 1. The maximum absolute atomic E-state index is 13.9. The third kappa shape index (κ3) is 5.31. The molecule has 1 amide bonds. The van der Waals surface area contributed by atoms with E-state index in [2.05, 4.69) is 24.3 Å². The monoisotopic (exact) mass is 551 g/mol. The highest BCUT2D eigenvalue weighted by molar-refractivity contribution is 7.16. The zero-order chi connectivity index (χ0) is 28.2. The molecule has 5 rings (SSSR count). The molecule has 7 nitrogen and oxygen atoms in total. The number of nitrogens with zero attached hydrogens (tertiary/aromatic N) is 2. The molecule has 1 N–H and O–H groups in total. The predicted octanol–water partition coefficient (Wildman–Crippen LogP) is 6.52. The van der Waals surface area contributed by atoms with Crippen molar-refractivity contribution in [2.24, 2.45) is 0 Å². The number of benzene rings is 3. The molecule has 0 fully saturated rings. The van der Waals surface area contributed by atoms with Crippen molar-refractivity contribution in [2.75, 3.05) is 11.9 Å². The Labute approximate surface area is 236 Å². The minimum Gasteiger partial charge on any atom is -0.461 e. The molecule has 0 unspecified atom stereocenters. The van der Waals surface area contributed by atoms with Crippen LogP contribution in [0.4, 0.5) is 5.00 Å². The zero-order valence-corrected chi connectivity index (χ0v) is 23.3. The zero-order valence-electron chi connectivity index (χ0n) is 22.5. The average molecular weight is 552 g/mol. The first-order valence-corrected chi connectivity index (χ1v) is 14.0. The number of thiophene rings is 1. The summed E-state index contributed by atoms with van der Waals surface area (Å²) in [6, 6.07) is 26.4. The van der Waals surface area contributed by atoms with Gasteiger partial charge in [0.2, 0.25) is 5.91 Å². The van der Waals surface area contributed by atoms with Crippen molar-refractivity contribution in [3.05, 3.63) is 123 Å². The molecule has 3 aromatic carbocycles. The predicted molar refractivity (Wildman–Crippen MR) is 159 cm³/mol. The van der Waals surface area contributed by atoms with Crippen molar-refractivity contribution in [3.63, 3.8) is 0 Å². The van der Waals surface area contributed by atoms with Gasteiger partial charge in [0.15, 0.2) is 5.69 Å². The highest BCUT2D eigenvalue weighted by Gasteiger charge is 2.27. The van der Waals surface area contributed by atoms with Crippen LogP contribution in [0.3, 0.4) is 0 Å². The summed E-state index contributed by atoms with van der Waals surface area (Å²) in [5, 5.41) is 9.97. The van der Waals surface area contributed by atoms with E-state index in [1.165, 1.54) is 16.0 Å². The second-order valence-corrected chi connectivity index (χ2v) is 10.5. The Hall–Kier alpha value is -4.56. The number of carbonyl (C=O) groups excluding carboxylic acids is 2. The first-order chi connectivity index (χ1) is 19.4. The van der Waals surface area contributed by atoms with Gasteiger partial charge in [-0.15, -0.1) is 11.3 Å². The molecule has 40 heavy (non-hydrogen) atoms. The molecule has 0 spiro atoms. The Kier molecular flexibility index (Phi) is 7.89. The third-order valence-corrected chi connectivity index (χ3v) is 7.59. The Morgan fingerprint density at radius 2 is 1.50 bits per heavy atom. The first-order valence-electron chi connectivity index (χ1n) is 13.1. The van der Waals surface area contributed by atoms with Gasteiger partial charge >= 0.3 is 5.97 Å². The Bertz CT molecular complexity index is 1670. The van der Waals surface area contributed by atoms with Crippen LogP contribution in [0.5, 0.6) is 0 Å². The van der Waals surface area contributed by atoms with E-state index in [-0.39, 0.29) is 23.6 Å². The Morgan fingerprint density at radius 1 is 0.900 bits per heavy atom. The lowest BCUT2D eigenvalue weighted by Gasteiger charge is -2.17. The first kappa shape index (κ1) is 27.0. The molecule has 0 radical (unpaired) electrons. The van der Waals surface area contributed by atoms with Crippen LogP contribution in [0.25, 0.3) is 16.5 Å². The smallest absolute Gasteiger partial charge is 0.359 e. The number of hydrogen-bond acceptors (Lipinski definition) is 6. The second kappa shape index (κ2) is 11.7. The van der Waals surface area contributed by atoms with Crippen LogP contribution >= 0.6 is 11.3 Å². The van der Waals surface area contributed by atoms with Crippen molar-refractivity contribution >= 4 is 39.0 Å². The third-order valence-electron chi connectivity index (χ3n) is 6.69. The molecule has 5 aromatic rings. The molecule has 0 bridgehead atoms. The van der Waals surface area contributed by atoms with Crippen LogP contribution in [0.15, 0.2) is 95.1 Å². The molecule has 8 heteroatoms. The van der Waals surface area contributed by atoms with Gasteiger partial charge in [-0.2, -0.15) is 9.78 Å². The second-order valence-electron chi connectivity index (χ2n) is 9.63. The minimum atomic E-state index is -0.637. The van der Waals surface area contributed by atoms with Crippen LogP contribution in [0.2, 0.25) is 0 Å². The molecular formula is C32H29N3O4S. The molecule has 0 saturated heterocycles. The molecule has 0 atom stereocenters. The molecule has 0 aliphatic rings. The van der Waals surface area contributed by atoms with Gasteiger partial charge in [0.05, 0.1) is 23.6 Å². The number of hydrogen-bond donors (Lipinski definition) is 1. The summed E-state index contributed by atoms with van der Waals surface area (Å²) in [7, 11) is 0. The standard InChI is InChI=1S/C32H29N3O4S/c1-4-39-32(38)28-25-19-40-30(27(25)31(37)35(34-28)24-17-15-21(16-18-24)20(2)3)33-29(36)26(22-11-7-5-8-12-22)23-13-9-6-10-14-23/h5-20,26H,4H2,1-3H3,(H,33,36). The van der Waals surface area contributed by atoms with E-state index in [1.54, 1.807) is 24.4 Å². The van der Waals surface area contributed by atoms with E-state index in [1.807, 2.05) is 72.8 Å². The highest BCUT2D eigenvalue weighted by Crippen LogP contribution is 2.33. The van der Waals surface area contributed by atoms with Gasteiger partial charge < -0.3 is 10.1 Å². The van der Waals surface area contributed by atoms with Crippen molar-refractivity contribution in [1.29, 1.82) is 0 Å². The van der Waals surface area contributed by atoms with Gasteiger partial charge in [0.1, 0.15) is 5.00 Å². The summed E-state index contributed by atoms with van der Waals surface area (Å²) in [5.41, 5.74) is 2.85. The molecule has 2 aromatic heterocycles. The summed E-state index contributed by atoms with van der Waals surface area (Å²) in [6.45, 7) is 6.04. The SMILES string of the molecule is CCOC(=O)c1nn(-c2ccc(C(C)C)cc2)c(=O)c2c(NC(=O)C(c3ccccc3)c3ccccc3)scc12. The Morgan fingerprint density at radius 3 is 2.05 bits per heavy atom. The van der Waals surface area contributed by atoms with Crippen LogP contribution in [-0.2, 0) is 9.53 Å². The van der Waals surface area contributed by atoms with Crippen LogP contribution in [-0.4, -0.2) is 28.3 Å². The molecule has 0 saturated carbocycles. The fourth-order valence-corrected chi connectivity index (χ4v) is 5.58. The lowest BCUT2D eigenvalue weighted by molar-refractivity contribution is -0.116. The minimum absolute atomic E-state index is 0.0174. The number of esters is 1. The van der Waals surface area contributed by atoms with Crippen LogP contribution in [0, 0.1) is 0 Å². The fourth-order valence-electron chi connectivity index (χ4n) is 4.64. The van der Waals surface area contributed by atoms with Gasteiger partial charge in [0, 0.05) is 10.8 Å². The van der Waals surface area contributed by atoms with Crippen molar-refractivity contribution in [3.8, 4) is 5.69 Å². The normalized spacial score (nSPS) is 11.2. The highest BCUT2D eigenvalue weighted by atomic mass is 32.1. The quantitative estimate of drug-likeness (QED) is 0.222. The summed E-state index contributed by atoms with van der Waals surface area (Å²) in [5.74, 6) is -1.21. The molecule has 202 valence electrons. The average Bonchev–Trinajstić information content (AvgIpc) is 3.38. The van der Waals surface area contributed by atoms with E-state index in [9.17, 15) is 14.4 Å². The molecule has 0 aliphatic heterocycles.